The zero-order valence-corrected chi connectivity index (χ0v) is 18.3. The first-order chi connectivity index (χ1) is 15.5. The van der Waals surface area contributed by atoms with Crippen LogP contribution in [-0.2, 0) is 21.9 Å². The maximum Gasteiger partial charge on any atom is 0.231 e. The Hall–Kier alpha value is -3.42. The Kier molecular flexibility index (Phi) is 5.07. The van der Waals surface area contributed by atoms with Crippen molar-refractivity contribution in [2.75, 3.05) is 6.61 Å². The molecule has 5 rings (SSSR count). The third kappa shape index (κ3) is 3.21. The van der Waals surface area contributed by atoms with Crippen LogP contribution in [0.25, 0.3) is 0 Å². The molecule has 0 fully saturated rings. The monoisotopic (exact) mass is 444 g/mol. The molecule has 0 saturated heterocycles. The van der Waals surface area contributed by atoms with Crippen molar-refractivity contribution in [2.24, 2.45) is 5.14 Å². The van der Waals surface area contributed by atoms with Crippen LogP contribution in [0.15, 0.2) is 95.9 Å². The first-order valence-electron chi connectivity index (χ1n) is 10.5. The Morgan fingerprint density at radius 3 is 1.78 bits per heavy atom. The lowest BCUT2D eigenvalue weighted by atomic mass is 9.67. The van der Waals surface area contributed by atoms with Gasteiger partial charge in [-0.25, -0.2) is 18.8 Å². The molecule has 1 aromatic heterocycles. The van der Waals surface area contributed by atoms with Crippen molar-refractivity contribution in [1.82, 2.24) is 9.78 Å². The summed E-state index contributed by atoms with van der Waals surface area (Å²) >= 11 is 0. The maximum atomic E-state index is 13.2. The second kappa shape index (κ2) is 7.93. The highest BCUT2D eigenvalue weighted by molar-refractivity contribution is 7.90. The Bertz CT molecular complexity index is 1240. The Morgan fingerprint density at radius 2 is 1.34 bits per heavy atom. The van der Waals surface area contributed by atoms with E-state index in [1.54, 1.807) is 4.68 Å². The number of nitrogens with one attached hydrogen (secondary N) is 1. The molecule has 0 amide bonds. The fraction of sp³-hybridized carbons (Fsp3) is 0.160. The van der Waals surface area contributed by atoms with Crippen molar-refractivity contribution in [3.8, 4) is 5.88 Å². The van der Waals surface area contributed by atoms with E-state index >= 15 is 0 Å². The SMILES string of the molecule is N=S(N)(=O)c1c(C(c2ccccc2)(c2ccccc2)c2ccccc2)nn2c1OCCC2. The second-order valence-electron chi connectivity index (χ2n) is 7.86. The second-order valence-corrected chi connectivity index (χ2v) is 9.47. The first-order valence-corrected chi connectivity index (χ1v) is 12.1. The molecule has 0 aliphatic carbocycles. The first kappa shape index (κ1) is 20.5. The molecule has 162 valence electrons. The third-order valence-electron chi connectivity index (χ3n) is 5.90. The van der Waals surface area contributed by atoms with Crippen molar-refractivity contribution in [1.29, 1.82) is 4.78 Å². The molecule has 3 N–H and O–H groups in total. The molecule has 1 aliphatic heterocycles. The normalized spacial score (nSPS) is 15.4. The number of hydrogen-bond donors (Lipinski definition) is 2. The molecular formula is C25H24N4O2S. The maximum absolute atomic E-state index is 13.2. The number of fused-ring (bicyclic) bond motifs is 1. The van der Waals surface area contributed by atoms with Gasteiger partial charge in [-0.05, 0) is 16.7 Å². The molecule has 0 spiro atoms. The largest absolute Gasteiger partial charge is 0.477 e. The summed E-state index contributed by atoms with van der Waals surface area (Å²) in [6.45, 7) is 1.09. The number of nitrogens with zero attached hydrogens (tertiary/aromatic N) is 2. The van der Waals surface area contributed by atoms with Crippen molar-refractivity contribution in [2.45, 2.75) is 23.3 Å². The lowest BCUT2D eigenvalue weighted by Gasteiger charge is -2.35. The van der Waals surface area contributed by atoms with E-state index in [0.29, 0.717) is 24.7 Å². The van der Waals surface area contributed by atoms with Gasteiger partial charge < -0.3 is 4.74 Å². The zero-order chi connectivity index (χ0) is 22.2. The standard InChI is InChI=1S/C25H24N4O2S/c26-32(27,30)22-23(28-29-17-10-18-31-24(22)29)25(19-11-4-1-5-12-19,20-13-6-2-7-14-20)21-15-8-3-9-16-21/h1-9,11-16H,10,17-18H2,(H3,26,27,30). The summed E-state index contributed by atoms with van der Waals surface area (Å²) in [6, 6.07) is 29.9. The van der Waals surface area contributed by atoms with E-state index in [2.05, 4.69) is 0 Å². The number of nitrogens with two attached hydrogens (primary N) is 1. The Morgan fingerprint density at radius 1 is 0.875 bits per heavy atom. The molecule has 0 radical (unpaired) electrons. The number of ether oxygens (including phenoxy) is 1. The number of rotatable bonds is 5. The summed E-state index contributed by atoms with van der Waals surface area (Å²) in [5, 5.41) is 10.9. The molecule has 0 saturated carbocycles. The van der Waals surface area contributed by atoms with Crippen LogP contribution in [0, 0.1) is 4.78 Å². The van der Waals surface area contributed by atoms with Gasteiger partial charge in [-0.2, -0.15) is 5.10 Å². The highest BCUT2D eigenvalue weighted by Crippen LogP contribution is 2.48. The molecule has 1 atom stereocenters. The summed E-state index contributed by atoms with van der Waals surface area (Å²) < 4.78 is 29.2. The van der Waals surface area contributed by atoms with E-state index in [4.69, 9.17) is 19.8 Å². The van der Waals surface area contributed by atoms with Gasteiger partial charge >= 0.3 is 0 Å². The smallest absolute Gasteiger partial charge is 0.231 e. The van der Waals surface area contributed by atoms with Crippen LogP contribution in [0.5, 0.6) is 5.88 Å². The topological polar surface area (TPSA) is 94.0 Å². The molecule has 3 aromatic carbocycles. The molecule has 4 aromatic rings. The summed E-state index contributed by atoms with van der Waals surface area (Å²) in [5.74, 6) is 0.334. The minimum atomic E-state index is -3.65. The van der Waals surface area contributed by atoms with Gasteiger partial charge in [0.2, 0.25) is 5.88 Å². The highest BCUT2D eigenvalue weighted by atomic mass is 32.2. The van der Waals surface area contributed by atoms with Crippen molar-refractivity contribution in [3.05, 3.63) is 113 Å². The van der Waals surface area contributed by atoms with Crippen LogP contribution < -0.4 is 9.88 Å². The average molecular weight is 445 g/mol. The Labute approximate surface area is 187 Å². The number of hydrogen-bond acceptors (Lipinski definition) is 4. The number of aryl methyl sites for hydroxylation is 1. The molecule has 32 heavy (non-hydrogen) atoms. The molecule has 1 aliphatic rings. The summed E-state index contributed by atoms with van der Waals surface area (Å²) in [7, 11) is -3.65. The average Bonchev–Trinajstić information content (AvgIpc) is 3.22. The van der Waals surface area contributed by atoms with E-state index in [0.717, 1.165) is 23.1 Å². The zero-order valence-electron chi connectivity index (χ0n) is 17.5. The van der Waals surface area contributed by atoms with E-state index in [-0.39, 0.29) is 4.90 Å². The fourth-order valence-electron chi connectivity index (χ4n) is 4.60. The number of benzene rings is 3. The molecule has 0 bridgehead atoms. The van der Waals surface area contributed by atoms with Crippen LogP contribution in [0.3, 0.4) is 0 Å². The molecule has 2 heterocycles. The van der Waals surface area contributed by atoms with Crippen molar-refractivity contribution < 1.29 is 8.95 Å². The van der Waals surface area contributed by atoms with E-state index < -0.39 is 15.3 Å². The van der Waals surface area contributed by atoms with Crippen molar-refractivity contribution in [3.63, 3.8) is 0 Å². The van der Waals surface area contributed by atoms with Gasteiger partial charge in [0.15, 0.2) is 0 Å². The molecule has 6 nitrogen and oxygen atoms in total. The van der Waals surface area contributed by atoms with Gasteiger partial charge in [-0.15, -0.1) is 0 Å². The molecular weight excluding hydrogens is 420 g/mol. The van der Waals surface area contributed by atoms with Gasteiger partial charge in [0, 0.05) is 13.0 Å². The van der Waals surface area contributed by atoms with E-state index in [1.165, 1.54) is 0 Å². The van der Waals surface area contributed by atoms with Crippen molar-refractivity contribution >= 4 is 9.92 Å². The van der Waals surface area contributed by atoms with Crippen LogP contribution in [0.2, 0.25) is 0 Å². The highest BCUT2D eigenvalue weighted by Gasteiger charge is 2.46. The lowest BCUT2D eigenvalue weighted by Crippen LogP contribution is -2.33. The summed E-state index contributed by atoms with van der Waals surface area (Å²) in [6.07, 6.45) is 0.784. The Balaban J connectivity index is 1.99. The molecule has 1 unspecified atom stereocenters. The minimum Gasteiger partial charge on any atom is -0.477 e. The predicted molar refractivity (Wildman–Crippen MR) is 124 cm³/mol. The van der Waals surface area contributed by atoms with Gasteiger partial charge in [0.1, 0.15) is 20.5 Å². The molecule has 7 heteroatoms. The van der Waals surface area contributed by atoms with E-state index in [9.17, 15) is 4.21 Å². The number of aromatic nitrogens is 2. The minimum absolute atomic E-state index is 0.161. The van der Waals surface area contributed by atoms with Gasteiger partial charge in [0.05, 0.1) is 12.0 Å². The fourth-order valence-corrected chi connectivity index (χ4v) is 5.50. The predicted octanol–water partition coefficient (Wildman–Crippen LogP) is 4.33. The lowest BCUT2D eigenvalue weighted by molar-refractivity contribution is 0.224. The van der Waals surface area contributed by atoms with Gasteiger partial charge in [-0.3, -0.25) is 0 Å². The summed E-state index contributed by atoms with van der Waals surface area (Å²) in [4.78, 5) is 0.161. The quantitative estimate of drug-likeness (QED) is 0.449. The summed E-state index contributed by atoms with van der Waals surface area (Å²) in [5.41, 5.74) is 2.37. The van der Waals surface area contributed by atoms with Crippen LogP contribution in [0.4, 0.5) is 0 Å². The van der Waals surface area contributed by atoms with Crippen LogP contribution in [0.1, 0.15) is 28.8 Å². The van der Waals surface area contributed by atoms with Crippen LogP contribution >= 0.6 is 0 Å². The van der Waals surface area contributed by atoms with Crippen LogP contribution in [-0.4, -0.2) is 20.6 Å². The van der Waals surface area contributed by atoms with Gasteiger partial charge in [0.25, 0.3) is 0 Å². The third-order valence-corrected chi connectivity index (χ3v) is 6.87. The van der Waals surface area contributed by atoms with Gasteiger partial charge in [-0.1, -0.05) is 91.0 Å². The van der Waals surface area contributed by atoms with E-state index in [1.807, 2.05) is 91.0 Å².